The highest BCUT2D eigenvalue weighted by atomic mass is 16.8. The van der Waals surface area contributed by atoms with Crippen LogP contribution in [0.3, 0.4) is 0 Å². The number of ketones is 1. The molecule has 51 heavy (non-hydrogen) atoms. The van der Waals surface area contributed by atoms with Crippen molar-refractivity contribution in [1.82, 2.24) is 0 Å². The molecule has 3 N–H and O–H groups in total. The van der Waals surface area contributed by atoms with Crippen LogP contribution in [0.1, 0.15) is 97.3 Å². The van der Waals surface area contributed by atoms with Crippen molar-refractivity contribution in [2.75, 3.05) is 6.54 Å². The number of ether oxygens (including phenoxy) is 8. The van der Waals surface area contributed by atoms with Crippen LogP contribution in [0, 0.1) is 17.8 Å². The Morgan fingerprint density at radius 3 is 2.35 bits per heavy atom. The number of fused-ring (bicyclic) bond motifs is 6. The smallest absolute Gasteiger partial charge is 0.172 e. The van der Waals surface area contributed by atoms with E-state index in [1.54, 1.807) is 0 Å². The molecule has 0 aliphatic carbocycles. The van der Waals surface area contributed by atoms with Crippen molar-refractivity contribution in [3.05, 3.63) is 24.3 Å². The van der Waals surface area contributed by atoms with Crippen LogP contribution in [-0.4, -0.2) is 115 Å². The number of rotatable bonds is 3. The van der Waals surface area contributed by atoms with E-state index in [1.165, 1.54) is 0 Å². The van der Waals surface area contributed by atoms with Crippen LogP contribution < -0.4 is 5.73 Å². The molecule has 0 saturated carbocycles. The van der Waals surface area contributed by atoms with Crippen LogP contribution in [0.5, 0.6) is 0 Å². The maximum absolute atomic E-state index is 14.0. The highest BCUT2D eigenvalue weighted by molar-refractivity contribution is 5.79. The van der Waals surface area contributed by atoms with E-state index < -0.39 is 11.9 Å². The minimum Gasteiger partial charge on any atom is -0.392 e. The predicted molar refractivity (Wildman–Crippen MR) is 185 cm³/mol. The molecule has 1 spiro atoms. The summed E-state index contributed by atoms with van der Waals surface area (Å²) in [6.07, 6.45) is 6.43. The highest BCUT2D eigenvalue weighted by Crippen LogP contribution is 2.54. The van der Waals surface area contributed by atoms with Gasteiger partial charge in [-0.1, -0.05) is 27.0 Å². The minimum atomic E-state index is -0.765. The molecule has 11 nitrogen and oxygen atoms in total. The number of aliphatic hydroxyl groups is 1. The Hall–Kier alpha value is -1.25. The summed E-state index contributed by atoms with van der Waals surface area (Å²) in [5, 5.41) is 10.5. The number of Topliss-reactive ketones (excluding diaryl/α,β-unsaturated/α-hetero) is 1. The Labute approximate surface area is 302 Å². The second-order valence-corrected chi connectivity index (χ2v) is 17.6. The summed E-state index contributed by atoms with van der Waals surface area (Å²) >= 11 is 0. The van der Waals surface area contributed by atoms with Gasteiger partial charge >= 0.3 is 0 Å². The minimum absolute atomic E-state index is 0.00127. The lowest BCUT2D eigenvalue weighted by molar-refractivity contribution is -0.292. The second-order valence-electron chi connectivity index (χ2n) is 17.6. The van der Waals surface area contributed by atoms with Gasteiger partial charge in [0.1, 0.15) is 36.3 Å². The molecule has 11 heteroatoms. The van der Waals surface area contributed by atoms with E-state index in [1.807, 2.05) is 0 Å². The molecule has 10 saturated heterocycles. The SMILES string of the molecule is C=C1C[C@@H]2CC[C@@]34CC5O[C@H]6[C@@H](O3)[C@H]3OC(CC[C@@H]3O[C@H]6C5O4)CC(=O)CC3[C@H](CC4O[C@@H](CCC1O2)C[C@@H](C)C4=C)O[C@H](C[C@H](O)CN)[C@@H]3C. The molecule has 0 radical (unpaired) electrons. The van der Waals surface area contributed by atoms with Gasteiger partial charge in [-0.15, -0.1) is 0 Å². The number of carbonyl (C=O) groups excluding carboxylic acids is 1. The van der Waals surface area contributed by atoms with E-state index in [9.17, 15) is 9.90 Å². The van der Waals surface area contributed by atoms with Crippen molar-refractivity contribution in [3.8, 4) is 0 Å². The molecule has 284 valence electrons. The van der Waals surface area contributed by atoms with E-state index in [0.717, 1.165) is 56.1 Å². The van der Waals surface area contributed by atoms with Crippen LogP contribution in [-0.2, 0) is 42.7 Å². The molecular formula is C40H59NO10. The predicted octanol–water partition coefficient (Wildman–Crippen LogP) is 4.06. The number of carbonyl (C=O) groups is 1. The summed E-state index contributed by atoms with van der Waals surface area (Å²) < 4.78 is 54.0. The largest absolute Gasteiger partial charge is 0.392 e. The molecule has 10 fully saturated rings. The third-order valence-corrected chi connectivity index (χ3v) is 14.2. The maximum Gasteiger partial charge on any atom is 0.172 e. The van der Waals surface area contributed by atoms with Gasteiger partial charge in [0.05, 0.1) is 61.0 Å². The Morgan fingerprint density at radius 2 is 1.51 bits per heavy atom. The fourth-order valence-corrected chi connectivity index (χ4v) is 11.3. The lowest BCUT2D eigenvalue weighted by atomic mass is 9.78. The summed E-state index contributed by atoms with van der Waals surface area (Å²) in [5.74, 6) is -0.222. The zero-order chi connectivity index (χ0) is 35.2. The Kier molecular flexibility index (Phi) is 9.59. The van der Waals surface area contributed by atoms with Gasteiger partial charge in [-0.05, 0) is 73.8 Å². The summed E-state index contributed by atoms with van der Waals surface area (Å²) in [7, 11) is 0. The first-order valence-electron chi connectivity index (χ1n) is 20.1. The average molecular weight is 714 g/mol. The van der Waals surface area contributed by atoms with Crippen LogP contribution in [0.25, 0.3) is 0 Å². The normalized spacial score (nSPS) is 53.2. The third-order valence-electron chi connectivity index (χ3n) is 14.2. The molecule has 10 rings (SSSR count). The molecule has 10 heterocycles. The molecule has 0 aromatic rings. The first-order chi connectivity index (χ1) is 24.6. The van der Waals surface area contributed by atoms with Crippen LogP contribution in [0.15, 0.2) is 24.3 Å². The Bertz CT molecular complexity index is 1360. The number of hydrogen-bond acceptors (Lipinski definition) is 11. The Balaban J connectivity index is 0.986. The van der Waals surface area contributed by atoms with Gasteiger partial charge in [-0.3, -0.25) is 4.79 Å². The average Bonchev–Trinajstić information content (AvgIpc) is 3.77. The van der Waals surface area contributed by atoms with Gasteiger partial charge in [0, 0.05) is 45.1 Å². The van der Waals surface area contributed by atoms with Crippen molar-refractivity contribution >= 4 is 5.78 Å². The summed E-state index contributed by atoms with van der Waals surface area (Å²) in [6.45, 7) is 13.5. The zero-order valence-corrected chi connectivity index (χ0v) is 30.4. The summed E-state index contributed by atoms with van der Waals surface area (Å²) in [6, 6.07) is 0. The van der Waals surface area contributed by atoms with Gasteiger partial charge in [0.2, 0.25) is 0 Å². The summed E-state index contributed by atoms with van der Waals surface area (Å²) in [4.78, 5) is 14.0. The topological polar surface area (TPSA) is 137 Å². The monoisotopic (exact) mass is 713 g/mol. The number of aliphatic hydroxyl groups excluding tert-OH is 1. The molecule has 0 aromatic heterocycles. The first kappa shape index (κ1) is 35.5. The lowest BCUT2D eigenvalue weighted by Crippen LogP contribution is -2.61. The highest BCUT2D eigenvalue weighted by Gasteiger charge is 2.68. The van der Waals surface area contributed by atoms with Gasteiger partial charge in [0.25, 0.3) is 0 Å². The van der Waals surface area contributed by atoms with Gasteiger partial charge in [-0.25, -0.2) is 0 Å². The molecule has 0 amide bonds. The van der Waals surface area contributed by atoms with E-state index >= 15 is 0 Å². The van der Waals surface area contributed by atoms with E-state index in [0.29, 0.717) is 44.4 Å². The van der Waals surface area contributed by atoms with E-state index in [-0.39, 0.29) is 110 Å². The van der Waals surface area contributed by atoms with Crippen molar-refractivity contribution in [2.45, 2.75) is 195 Å². The number of hydrogen-bond donors (Lipinski definition) is 2. The zero-order valence-electron chi connectivity index (χ0n) is 30.4. The summed E-state index contributed by atoms with van der Waals surface area (Å²) in [5.41, 5.74) is 8.06. The quantitative estimate of drug-likeness (QED) is 0.410. The standard InChI is InChI=1S/C40H59NO10/c1-19-11-25-5-7-29-20(2)12-27(44-29)9-10-40-17-34-36(50-40)37-38(49-34)39(51-40)35-30(48-37)8-6-26(46-35)13-23(42)14-28-22(4)31(15-24(43)18-41)47-33(28)16-32(45-25)21(19)3/h19,22,24-39,43H,2-3,5-18,41H2,1,4H3/t19-,22-,24+,25+,26?,27+,28?,29?,30+,31-,32?,33+,34?,35+,36?,37+,38-,39+,40+/m1/s1. The lowest BCUT2D eigenvalue weighted by Gasteiger charge is -2.47. The molecule has 19 atom stereocenters. The number of nitrogens with two attached hydrogens (primary N) is 1. The van der Waals surface area contributed by atoms with Gasteiger partial charge < -0.3 is 48.7 Å². The van der Waals surface area contributed by atoms with Crippen LogP contribution >= 0.6 is 0 Å². The van der Waals surface area contributed by atoms with Gasteiger partial charge in [-0.2, -0.15) is 0 Å². The molecule has 0 aromatic carbocycles. The fourth-order valence-electron chi connectivity index (χ4n) is 11.3. The van der Waals surface area contributed by atoms with Crippen molar-refractivity contribution in [1.29, 1.82) is 0 Å². The first-order valence-corrected chi connectivity index (χ1v) is 20.1. The van der Waals surface area contributed by atoms with E-state index in [4.69, 9.17) is 43.6 Å². The fraction of sp³-hybridized carbons (Fsp3) is 0.875. The molecule has 12 bridgehead atoms. The maximum atomic E-state index is 14.0. The second kappa shape index (κ2) is 13.8. The van der Waals surface area contributed by atoms with Crippen molar-refractivity contribution in [3.63, 3.8) is 0 Å². The van der Waals surface area contributed by atoms with Crippen molar-refractivity contribution < 1.29 is 47.8 Å². The van der Waals surface area contributed by atoms with E-state index in [2.05, 4.69) is 27.0 Å². The van der Waals surface area contributed by atoms with Crippen molar-refractivity contribution in [2.24, 2.45) is 23.5 Å². The molecular weight excluding hydrogens is 654 g/mol. The molecule has 10 aliphatic rings. The van der Waals surface area contributed by atoms with Crippen LogP contribution in [0.2, 0.25) is 0 Å². The molecule has 6 unspecified atom stereocenters. The van der Waals surface area contributed by atoms with Gasteiger partial charge in [0.15, 0.2) is 5.79 Å². The Morgan fingerprint density at radius 1 is 0.765 bits per heavy atom. The third kappa shape index (κ3) is 6.53. The molecule has 10 aliphatic heterocycles. The van der Waals surface area contributed by atoms with Crippen LogP contribution in [0.4, 0.5) is 0 Å².